The molecule has 0 spiro atoms. The molecule has 1 atom stereocenters. The number of hydrogen-bond acceptors (Lipinski definition) is 1. The second-order valence-corrected chi connectivity index (χ2v) is 5.05. The van der Waals surface area contributed by atoms with Crippen molar-refractivity contribution < 1.29 is 13.2 Å². The maximum atomic E-state index is 13.7. The van der Waals surface area contributed by atoms with E-state index in [1.807, 2.05) is 0 Å². The van der Waals surface area contributed by atoms with Gasteiger partial charge >= 0.3 is 0 Å². The third-order valence-electron chi connectivity index (χ3n) is 2.81. The van der Waals surface area contributed by atoms with E-state index >= 15 is 0 Å². The third-order valence-corrected chi connectivity index (χ3v) is 3.50. The smallest absolute Gasteiger partial charge is 0.159 e. The highest BCUT2D eigenvalue weighted by Gasteiger charge is 2.16. The second-order valence-electron chi connectivity index (χ2n) is 4.19. The van der Waals surface area contributed by atoms with Crippen LogP contribution in [0.3, 0.4) is 0 Å². The van der Waals surface area contributed by atoms with E-state index in [0.717, 1.165) is 12.1 Å². The molecule has 0 radical (unpaired) electrons. The fraction of sp³-hybridized carbons (Fsp3) is 0.143. The van der Waals surface area contributed by atoms with Crippen molar-refractivity contribution in [3.05, 3.63) is 69.4 Å². The van der Waals surface area contributed by atoms with Crippen LogP contribution in [0.15, 0.2) is 40.9 Å². The van der Waals surface area contributed by atoms with Gasteiger partial charge in [-0.3, -0.25) is 0 Å². The first-order valence-electron chi connectivity index (χ1n) is 5.62. The summed E-state index contributed by atoms with van der Waals surface area (Å²) in [5, 5.41) is 0. The highest BCUT2D eigenvalue weighted by Crippen LogP contribution is 2.27. The molecule has 2 rings (SSSR count). The van der Waals surface area contributed by atoms with Gasteiger partial charge in [0.2, 0.25) is 0 Å². The maximum absolute atomic E-state index is 13.7. The molecule has 0 saturated heterocycles. The van der Waals surface area contributed by atoms with Crippen LogP contribution < -0.4 is 5.73 Å². The van der Waals surface area contributed by atoms with E-state index in [0.29, 0.717) is 15.6 Å². The molecule has 1 nitrogen and oxygen atoms in total. The van der Waals surface area contributed by atoms with E-state index in [4.69, 9.17) is 5.73 Å². The van der Waals surface area contributed by atoms with E-state index < -0.39 is 23.5 Å². The zero-order valence-electron chi connectivity index (χ0n) is 9.84. The Morgan fingerprint density at radius 3 is 2.37 bits per heavy atom. The summed E-state index contributed by atoms with van der Waals surface area (Å²) in [6.07, 6.45) is 0.219. The van der Waals surface area contributed by atoms with Crippen molar-refractivity contribution in [3.63, 3.8) is 0 Å². The van der Waals surface area contributed by atoms with Crippen LogP contribution in [0, 0.1) is 17.5 Å². The SMILES string of the molecule is NC(Cc1ccc(F)c(F)c1)c1c(F)cccc1Br. The van der Waals surface area contributed by atoms with Crippen molar-refractivity contribution in [2.24, 2.45) is 5.73 Å². The average molecular weight is 330 g/mol. The Morgan fingerprint density at radius 2 is 1.74 bits per heavy atom. The van der Waals surface area contributed by atoms with Crippen molar-refractivity contribution in [1.82, 2.24) is 0 Å². The quantitative estimate of drug-likeness (QED) is 0.901. The van der Waals surface area contributed by atoms with Gasteiger partial charge in [-0.05, 0) is 36.2 Å². The normalized spacial score (nSPS) is 12.5. The minimum Gasteiger partial charge on any atom is -0.324 e. The summed E-state index contributed by atoms with van der Waals surface area (Å²) in [5.41, 5.74) is 6.77. The van der Waals surface area contributed by atoms with E-state index in [-0.39, 0.29) is 6.42 Å². The summed E-state index contributed by atoms with van der Waals surface area (Å²) in [4.78, 5) is 0. The zero-order valence-corrected chi connectivity index (χ0v) is 11.4. The molecule has 0 amide bonds. The van der Waals surface area contributed by atoms with Crippen LogP contribution in [-0.2, 0) is 6.42 Å². The summed E-state index contributed by atoms with van der Waals surface area (Å²) in [7, 11) is 0. The van der Waals surface area contributed by atoms with Crippen molar-refractivity contribution >= 4 is 15.9 Å². The first-order chi connectivity index (χ1) is 8.99. The molecule has 0 heterocycles. The second kappa shape index (κ2) is 5.75. The van der Waals surface area contributed by atoms with E-state index in [2.05, 4.69) is 15.9 Å². The molecule has 2 aromatic rings. The first-order valence-corrected chi connectivity index (χ1v) is 6.41. The highest BCUT2D eigenvalue weighted by atomic mass is 79.9. The molecule has 5 heteroatoms. The molecule has 0 aromatic heterocycles. The fourth-order valence-corrected chi connectivity index (χ4v) is 2.52. The van der Waals surface area contributed by atoms with Crippen LogP contribution in [-0.4, -0.2) is 0 Å². The Hall–Kier alpha value is -1.33. The molecule has 0 aliphatic heterocycles. The molecule has 2 N–H and O–H groups in total. The molecule has 0 bridgehead atoms. The Kier molecular flexibility index (Phi) is 4.27. The van der Waals surface area contributed by atoms with Crippen molar-refractivity contribution in [2.45, 2.75) is 12.5 Å². The number of hydrogen-bond donors (Lipinski definition) is 1. The van der Waals surface area contributed by atoms with Crippen LogP contribution in [0.5, 0.6) is 0 Å². The highest BCUT2D eigenvalue weighted by molar-refractivity contribution is 9.10. The van der Waals surface area contributed by atoms with Gasteiger partial charge in [0.25, 0.3) is 0 Å². The molecule has 0 saturated carbocycles. The standard InChI is InChI=1S/C14H11BrF3N/c15-9-2-1-3-11(17)14(9)13(19)7-8-4-5-10(16)12(18)6-8/h1-6,13H,7,19H2. The molecule has 0 aliphatic rings. The lowest BCUT2D eigenvalue weighted by Gasteiger charge is -2.15. The summed E-state index contributed by atoms with van der Waals surface area (Å²) in [6, 6.07) is 7.47. The van der Waals surface area contributed by atoms with Gasteiger partial charge in [0.05, 0.1) is 0 Å². The van der Waals surface area contributed by atoms with Crippen LogP contribution in [0.2, 0.25) is 0 Å². The molecule has 0 fully saturated rings. The van der Waals surface area contributed by atoms with Gasteiger partial charge in [-0.1, -0.05) is 28.1 Å². The Bertz CT molecular complexity index is 581. The number of rotatable bonds is 3. The van der Waals surface area contributed by atoms with Gasteiger partial charge in [-0.25, -0.2) is 13.2 Å². The van der Waals surface area contributed by atoms with Gasteiger partial charge in [-0.15, -0.1) is 0 Å². The summed E-state index contributed by atoms with van der Waals surface area (Å²) < 4.78 is 40.2. The number of nitrogens with two attached hydrogens (primary N) is 1. The van der Waals surface area contributed by atoms with Gasteiger partial charge in [0, 0.05) is 16.1 Å². The zero-order chi connectivity index (χ0) is 14.0. The van der Waals surface area contributed by atoms with Gasteiger partial charge in [-0.2, -0.15) is 0 Å². The summed E-state index contributed by atoms with van der Waals surface area (Å²) >= 11 is 3.23. The predicted molar refractivity (Wildman–Crippen MR) is 71.1 cm³/mol. The largest absolute Gasteiger partial charge is 0.324 e. The van der Waals surface area contributed by atoms with Gasteiger partial charge < -0.3 is 5.73 Å². The van der Waals surface area contributed by atoms with E-state index in [1.54, 1.807) is 12.1 Å². The third kappa shape index (κ3) is 3.16. The fourth-order valence-electron chi connectivity index (χ4n) is 1.89. The van der Waals surface area contributed by atoms with Crippen molar-refractivity contribution in [3.8, 4) is 0 Å². The monoisotopic (exact) mass is 329 g/mol. The lowest BCUT2D eigenvalue weighted by atomic mass is 9.99. The van der Waals surface area contributed by atoms with Crippen molar-refractivity contribution in [2.75, 3.05) is 0 Å². The lowest BCUT2D eigenvalue weighted by molar-refractivity contribution is 0.505. The summed E-state index contributed by atoms with van der Waals surface area (Å²) in [6.45, 7) is 0. The summed E-state index contributed by atoms with van der Waals surface area (Å²) in [5.74, 6) is -2.27. The van der Waals surface area contributed by atoms with Gasteiger partial charge in [0.1, 0.15) is 5.82 Å². The van der Waals surface area contributed by atoms with Gasteiger partial charge in [0.15, 0.2) is 11.6 Å². The van der Waals surface area contributed by atoms with Crippen LogP contribution in [0.25, 0.3) is 0 Å². The number of halogens is 4. The molecule has 2 aromatic carbocycles. The molecule has 1 unspecified atom stereocenters. The van der Waals surface area contributed by atoms with Crippen LogP contribution >= 0.6 is 15.9 Å². The molecular formula is C14H11BrF3N. The molecule has 0 aliphatic carbocycles. The minimum atomic E-state index is -0.933. The van der Waals surface area contributed by atoms with E-state index in [1.165, 1.54) is 12.1 Å². The van der Waals surface area contributed by atoms with Crippen molar-refractivity contribution in [1.29, 1.82) is 0 Å². The Balaban J connectivity index is 2.25. The molecular weight excluding hydrogens is 319 g/mol. The lowest BCUT2D eigenvalue weighted by Crippen LogP contribution is -2.16. The average Bonchev–Trinajstić information content (AvgIpc) is 2.33. The maximum Gasteiger partial charge on any atom is 0.159 e. The van der Waals surface area contributed by atoms with E-state index in [9.17, 15) is 13.2 Å². The minimum absolute atomic E-state index is 0.219. The molecule has 100 valence electrons. The Morgan fingerprint density at radius 1 is 1.00 bits per heavy atom. The topological polar surface area (TPSA) is 26.0 Å². The Labute approximate surface area is 117 Å². The van der Waals surface area contributed by atoms with Crippen LogP contribution in [0.1, 0.15) is 17.2 Å². The number of benzene rings is 2. The predicted octanol–water partition coefficient (Wildman–Crippen LogP) is 4.11. The molecule has 19 heavy (non-hydrogen) atoms. The van der Waals surface area contributed by atoms with Crippen LogP contribution in [0.4, 0.5) is 13.2 Å². The first kappa shape index (κ1) is 14.1.